The van der Waals surface area contributed by atoms with Crippen LogP contribution in [-0.2, 0) is 23.0 Å². The molecule has 0 saturated carbocycles. The molecule has 0 unspecified atom stereocenters. The van der Waals surface area contributed by atoms with Crippen LogP contribution in [0, 0.1) is 13.8 Å². The average Bonchev–Trinajstić information content (AvgIpc) is 3.24. The first-order valence-electron chi connectivity index (χ1n) is 9.33. The van der Waals surface area contributed by atoms with Crippen LogP contribution in [-0.4, -0.2) is 23.5 Å². The maximum atomic E-state index is 13.1. The van der Waals surface area contributed by atoms with Crippen LogP contribution in [0.5, 0.6) is 0 Å². The molecule has 0 amide bonds. The number of nitrogens with one attached hydrogen (secondary N) is 2. The Morgan fingerprint density at radius 2 is 1.82 bits per heavy atom. The Hall–Kier alpha value is -2.45. The molecule has 0 bridgehead atoms. The molecule has 0 spiro atoms. The van der Waals surface area contributed by atoms with Gasteiger partial charge in [0, 0.05) is 24.4 Å². The largest absolute Gasteiger partial charge is 0.361 e. The third-order valence-corrected chi connectivity index (χ3v) is 6.27. The highest BCUT2D eigenvalue weighted by Crippen LogP contribution is 2.32. The number of benzene rings is 1. The molecule has 0 radical (unpaired) electrons. The molecular formula is C20H26N4O3S. The van der Waals surface area contributed by atoms with E-state index in [-0.39, 0.29) is 17.3 Å². The van der Waals surface area contributed by atoms with E-state index in [1.807, 2.05) is 31.2 Å². The molecule has 2 aromatic heterocycles. The van der Waals surface area contributed by atoms with Gasteiger partial charge in [0.1, 0.15) is 4.90 Å². The van der Waals surface area contributed by atoms with Gasteiger partial charge in [-0.1, -0.05) is 50.2 Å². The predicted octanol–water partition coefficient (Wildman–Crippen LogP) is 3.85. The molecule has 3 aromatic rings. The van der Waals surface area contributed by atoms with Gasteiger partial charge >= 0.3 is 0 Å². The maximum absolute atomic E-state index is 13.1. The van der Waals surface area contributed by atoms with Crippen LogP contribution in [0.1, 0.15) is 55.0 Å². The summed E-state index contributed by atoms with van der Waals surface area (Å²) in [4.78, 5) is 7.53. The summed E-state index contributed by atoms with van der Waals surface area (Å²) in [6, 6.07) is 7.94. The first-order valence-corrected chi connectivity index (χ1v) is 10.8. The molecular weight excluding hydrogens is 376 g/mol. The first-order chi connectivity index (χ1) is 13.2. The zero-order valence-corrected chi connectivity index (χ0v) is 17.6. The lowest BCUT2D eigenvalue weighted by molar-refractivity contribution is 0.422. The van der Waals surface area contributed by atoms with E-state index in [0.29, 0.717) is 35.1 Å². The molecule has 0 fully saturated rings. The van der Waals surface area contributed by atoms with E-state index in [0.717, 1.165) is 5.56 Å². The normalized spacial score (nSPS) is 12.1. The van der Waals surface area contributed by atoms with Crippen LogP contribution in [0.15, 0.2) is 33.7 Å². The first kappa shape index (κ1) is 20.3. The summed E-state index contributed by atoms with van der Waals surface area (Å²) >= 11 is 0. The number of aromatic nitrogens is 3. The van der Waals surface area contributed by atoms with E-state index < -0.39 is 10.0 Å². The van der Waals surface area contributed by atoms with Gasteiger partial charge in [-0.05, 0) is 30.9 Å². The van der Waals surface area contributed by atoms with E-state index in [9.17, 15) is 8.42 Å². The molecule has 8 heteroatoms. The van der Waals surface area contributed by atoms with Crippen molar-refractivity contribution >= 4 is 10.0 Å². The van der Waals surface area contributed by atoms with Crippen LogP contribution in [0.2, 0.25) is 0 Å². The number of rotatable bonds is 7. The van der Waals surface area contributed by atoms with Gasteiger partial charge in [0.15, 0.2) is 5.82 Å². The summed E-state index contributed by atoms with van der Waals surface area (Å²) in [7, 11) is -3.78. The van der Waals surface area contributed by atoms with Crippen molar-refractivity contribution in [2.45, 2.75) is 58.4 Å². The van der Waals surface area contributed by atoms with Crippen molar-refractivity contribution in [3.63, 3.8) is 0 Å². The molecule has 1 aromatic carbocycles. The lowest BCUT2D eigenvalue weighted by Crippen LogP contribution is -2.24. The van der Waals surface area contributed by atoms with Gasteiger partial charge < -0.3 is 9.51 Å². The van der Waals surface area contributed by atoms with Crippen molar-refractivity contribution in [1.29, 1.82) is 0 Å². The number of hydrogen-bond acceptors (Lipinski definition) is 5. The number of aryl methyl sites for hydroxylation is 3. The zero-order chi connectivity index (χ0) is 20.5. The van der Waals surface area contributed by atoms with Crippen molar-refractivity contribution in [3.05, 3.63) is 52.6 Å². The number of H-pyrrole nitrogens is 1. The van der Waals surface area contributed by atoms with Crippen molar-refractivity contribution in [2.24, 2.45) is 0 Å². The highest BCUT2D eigenvalue weighted by molar-refractivity contribution is 7.89. The lowest BCUT2D eigenvalue weighted by Gasteiger charge is -2.10. The van der Waals surface area contributed by atoms with Gasteiger partial charge in [0.2, 0.25) is 10.0 Å². The van der Waals surface area contributed by atoms with Crippen LogP contribution in [0.4, 0.5) is 0 Å². The Labute approximate surface area is 165 Å². The summed E-state index contributed by atoms with van der Waals surface area (Å²) in [5.74, 6) is 1.18. The molecule has 0 aliphatic heterocycles. The van der Waals surface area contributed by atoms with Crippen molar-refractivity contribution in [2.75, 3.05) is 0 Å². The monoisotopic (exact) mass is 402 g/mol. The van der Waals surface area contributed by atoms with Crippen LogP contribution in [0.3, 0.4) is 0 Å². The number of hydrogen-bond donors (Lipinski definition) is 2. The Morgan fingerprint density at radius 3 is 2.39 bits per heavy atom. The Balaban J connectivity index is 1.89. The second kappa shape index (κ2) is 7.89. The third-order valence-electron chi connectivity index (χ3n) is 4.70. The molecule has 0 aliphatic rings. The highest BCUT2D eigenvalue weighted by Gasteiger charge is 2.28. The summed E-state index contributed by atoms with van der Waals surface area (Å²) < 4.78 is 34.1. The topological polar surface area (TPSA) is 101 Å². The number of nitrogens with zero attached hydrogens (tertiary/aromatic N) is 2. The van der Waals surface area contributed by atoms with E-state index in [2.05, 4.69) is 33.7 Å². The minimum atomic E-state index is -3.78. The summed E-state index contributed by atoms with van der Waals surface area (Å²) in [5, 5.41) is 3.89. The lowest BCUT2D eigenvalue weighted by atomic mass is 10.0. The smallest absolute Gasteiger partial charge is 0.261 e. The second-order valence-corrected chi connectivity index (χ2v) is 8.87. The number of sulfonamides is 1. The van der Waals surface area contributed by atoms with Crippen molar-refractivity contribution in [1.82, 2.24) is 19.8 Å². The second-order valence-electron chi connectivity index (χ2n) is 7.17. The standard InChI is InChI=1S/C20H26N4O3S/c1-6-17-23-20(27-24-17)18-13(4)22-14(5)19(18)28(25,26)21-11-15-7-9-16(10-8-15)12(2)3/h7-10,12,21-22H,6,11H2,1-5H3. The van der Waals surface area contributed by atoms with Gasteiger partial charge in [0.05, 0.1) is 5.56 Å². The van der Waals surface area contributed by atoms with E-state index in [1.54, 1.807) is 13.8 Å². The zero-order valence-electron chi connectivity index (χ0n) is 16.8. The SMILES string of the molecule is CCc1noc(-c2c(C)[nH]c(C)c2S(=O)(=O)NCc2ccc(C(C)C)cc2)n1. The van der Waals surface area contributed by atoms with Gasteiger partial charge in [-0.2, -0.15) is 4.98 Å². The fraction of sp³-hybridized carbons (Fsp3) is 0.400. The molecule has 2 heterocycles. The van der Waals surface area contributed by atoms with Crippen LogP contribution < -0.4 is 4.72 Å². The molecule has 2 N–H and O–H groups in total. The highest BCUT2D eigenvalue weighted by atomic mass is 32.2. The molecule has 28 heavy (non-hydrogen) atoms. The molecule has 0 saturated heterocycles. The van der Waals surface area contributed by atoms with Gasteiger partial charge in [-0.3, -0.25) is 0 Å². The molecule has 7 nitrogen and oxygen atoms in total. The Bertz CT molecular complexity index is 1060. The average molecular weight is 403 g/mol. The molecule has 3 rings (SSSR count). The van der Waals surface area contributed by atoms with Crippen molar-refractivity contribution in [3.8, 4) is 11.5 Å². The van der Waals surface area contributed by atoms with Crippen molar-refractivity contribution < 1.29 is 12.9 Å². The minimum Gasteiger partial charge on any atom is -0.361 e. The van der Waals surface area contributed by atoms with E-state index in [1.165, 1.54) is 5.56 Å². The predicted molar refractivity (Wildman–Crippen MR) is 107 cm³/mol. The Morgan fingerprint density at radius 1 is 1.14 bits per heavy atom. The summed E-state index contributed by atoms with van der Waals surface area (Å²) in [5.41, 5.74) is 3.74. The van der Waals surface area contributed by atoms with E-state index in [4.69, 9.17) is 4.52 Å². The maximum Gasteiger partial charge on any atom is 0.261 e. The minimum absolute atomic E-state index is 0.148. The molecule has 0 atom stereocenters. The van der Waals surface area contributed by atoms with Crippen LogP contribution in [0.25, 0.3) is 11.5 Å². The quantitative estimate of drug-likeness (QED) is 0.625. The van der Waals surface area contributed by atoms with Gasteiger partial charge in [0.25, 0.3) is 5.89 Å². The Kier molecular flexibility index (Phi) is 5.71. The van der Waals surface area contributed by atoms with Gasteiger partial charge in [-0.25, -0.2) is 13.1 Å². The third kappa shape index (κ3) is 4.02. The van der Waals surface area contributed by atoms with Gasteiger partial charge in [-0.15, -0.1) is 0 Å². The molecule has 150 valence electrons. The van der Waals surface area contributed by atoms with E-state index >= 15 is 0 Å². The summed E-state index contributed by atoms with van der Waals surface area (Å²) in [6.45, 7) is 9.87. The van der Waals surface area contributed by atoms with Crippen LogP contribution >= 0.6 is 0 Å². The summed E-state index contributed by atoms with van der Waals surface area (Å²) in [6.07, 6.45) is 0.610. The number of aromatic amines is 1. The fourth-order valence-electron chi connectivity index (χ4n) is 3.12. The fourth-order valence-corrected chi connectivity index (χ4v) is 4.59. The molecule has 0 aliphatic carbocycles.